The summed E-state index contributed by atoms with van der Waals surface area (Å²) in [5.41, 5.74) is 5.84. The summed E-state index contributed by atoms with van der Waals surface area (Å²) in [5.74, 6) is 0.513. The van der Waals surface area contributed by atoms with Crippen molar-refractivity contribution in [1.82, 2.24) is 0 Å². The molecule has 0 spiro atoms. The molecule has 2 aromatic carbocycles. The first-order valence-electron chi connectivity index (χ1n) is 10.5. The van der Waals surface area contributed by atoms with Crippen molar-refractivity contribution >= 4 is 18.1 Å². The van der Waals surface area contributed by atoms with Gasteiger partial charge in [-0.3, -0.25) is 0 Å². The van der Waals surface area contributed by atoms with Crippen molar-refractivity contribution in [1.29, 1.82) is 0 Å². The van der Waals surface area contributed by atoms with Gasteiger partial charge in [0, 0.05) is 0 Å². The first kappa shape index (κ1) is 20.4. The number of hydrogen-bond acceptors (Lipinski definition) is 1. The van der Waals surface area contributed by atoms with E-state index in [2.05, 4.69) is 58.0 Å². The van der Waals surface area contributed by atoms with Crippen molar-refractivity contribution in [2.45, 2.75) is 64.7 Å². The van der Waals surface area contributed by atoms with E-state index in [1.165, 1.54) is 42.4 Å². The van der Waals surface area contributed by atoms with Crippen LogP contribution in [0.15, 0.2) is 42.5 Å². The maximum atomic E-state index is 11.0. The number of carboxylic acids is 1. The van der Waals surface area contributed by atoms with Crippen molar-refractivity contribution in [2.24, 2.45) is 5.92 Å². The van der Waals surface area contributed by atoms with E-state index in [4.69, 9.17) is 5.11 Å². The lowest BCUT2D eigenvalue weighted by Gasteiger charge is -2.40. The van der Waals surface area contributed by atoms with E-state index in [1.54, 1.807) is 12.1 Å². The third kappa shape index (κ3) is 4.22. The molecule has 3 rings (SSSR count). The van der Waals surface area contributed by atoms with Crippen molar-refractivity contribution in [2.75, 3.05) is 0 Å². The summed E-state index contributed by atoms with van der Waals surface area (Å²) >= 11 is 0. The molecule has 2 heteroatoms. The summed E-state index contributed by atoms with van der Waals surface area (Å²) in [5, 5.41) is 9.03. The SMILES string of the molecule is CCC(CC)C1CCC(C)(C)c2ccc(C=Cc3ccc(C(=O)O)cc3)cc21. The largest absolute Gasteiger partial charge is 0.478 e. The molecule has 0 radical (unpaired) electrons. The van der Waals surface area contributed by atoms with Crippen LogP contribution >= 0.6 is 0 Å². The number of aromatic carboxylic acids is 1. The maximum absolute atomic E-state index is 11.0. The van der Waals surface area contributed by atoms with Crippen molar-refractivity contribution < 1.29 is 9.90 Å². The minimum Gasteiger partial charge on any atom is -0.478 e. The van der Waals surface area contributed by atoms with E-state index >= 15 is 0 Å². The Kier molecular flexibility index (Phi) is 6.07. The van der Waals surface area contributed by atoms with Crippen LogP contribution in [0, 0.1) is 5.92 Å². The fraction of sp³-hybridized carbons (Fsp3) is 0.423. The van der Waals surface area contributed by atoms with Crippen LogP contribution in [0.3, 0.4) is 0 Å². The van der Waals surface area contributed by atoms with Gasteiger partial charge in [-0.1, -0.05) is 83.0 Å². The van der Waals surface area contributed by atoms with E-state index in [-0.39, 0.29) is 5.41 Å². The molecule has 2 nitrogen and oxygen atoms in total. The normalized spacial score (nSPS) is 18.4. The van der Waals surface area contributed by atoms with Gasteiger partial charge in [0.25, 0.3) is 0 Å². The summed E-state index contributed by atoms with van der Waals surface area (Å²) in [7, 11) is 0. The fourth-order valence-corrected chi connectivity index (χ4v) is 4.69. The summed E-state index contributed by atoms with van der Waals surface area (Å²) < 4.78 is 0. The zero-order valence-electron chi connectivity index (χ0n) is 17.5. The molecule has 1 unspecified atom stereocenters. The Morgan fingerprint density at radius 3 is 2.29 bits per heavy atom. The third-order valence-electron chi connectivity index (χ3n) is 6.53. The van der Waals surface area contributed by atoms with Gasteiger partial charge in [0.15, 0.2) is 0 Å². The van der Waals surface area contributed by atoms with E-state index < -0.39 is 5.97 Å². The van der Waals surface area contributed by atoms with E-state index in [9.17, 15) is 4.79 Å². The molecule has 1 N–H and O–H groups in total. The second-order valence-electron chi connectivity index (χ2n) is 8.71. The average molecular weight is 377 g/mol. The minimum atomic E-state index is -0.889. The first-order valence-corrected chi connectivity index (χ1v) is 10.5. The van der Waals surface area contributed by atoms with Gasteiger partial charge in [0.05, 0.1) is 5.56 Å². The number of fused-ring (bicyclic) bond motifs is 1. The van der Waals surface area contributed by atoms with E-state index in [1.807, 2.05) is 12.1 Å². The standard InChI is InChI=1S/C26H32O2/c1-5-20(6-2)22-15-16-26(3,4)24-14-11-19(17-23(22)24)8-7-18-9-12-21(13-10-18)25(27)28/h7-14,17,20,22H,5-6,15-16H2,1-4H3,(H,27,28). The first-order chi connectivity index (χ1) is 13.4. The molecule has 2 aromatic rings. The smallest absolute Gasteiger partial charge is 0.335 e. The van der Waals surface area contributed by atoms with Gasteiger partial charge in [-0.2, -0.15) is 0 Å². The Bertz CT molecular complexity index is 855. The highest BCUT2D eigenvalue weighted by Crippen LogP contribution is 2.47. The lowest BCUT2D eigenvalue weighted by Crippen LogP contribution is -2.29. The van der Waals surface area contributed by atoms with Crippen LogP contribution in [-0.2, 0) is 5.41 Å². The van der Waals surface area contributed by atoms with Crippen LogP contribution < -0.4 is 0 Å². The summed E-state index contributed by atoms with van der Waals surface area (Å²) in [6.07, 6.45) is 9.20. The van der Waals surface area contributed by atoms with Gasteiger partial charge in [-0.25, -0.2) is 4.79 Å². The number of carbonyl (C=O) groups is 1. The zero-order chi connectivity index (χ0) is 20.3. The molecule has 0 saturated heterocycles. The van der Waals surface area contributed by atoms with Gasteiger partial charge < -0.3 is 5.11 Å². The molecule has 0 bridgehead atoms. The lowest BCUT2D eigenvalue weighted by atomic mass is 9.64. The van der Waals surface area contributed by atoms with Crippen LogP contribution in [0.2, 0.25) is 0 Å². The highest BCUT2D eigenvalue weighted by atomic mass is 16.4. The van der Waals surface area contributed by atoms with E-state index in [0.29, 0.717) is 11.5 Å². The minimum absolute atomic E-state index is 0.243. The van der Waals surface area contributed by atoms with Crippen molar-refractivity contribution in [3.63, 3.8) is 0 Å². The van der Waals surface area contributed by atoms with Gasteiger partial charge in [0.2, 0.25) is 0 Å². The highest BCUT2D eigenvalue weighted by molar-refractivity contribution is 5.88. The lowest BCUT2D eigenvalue weighted by molar-refractivity contribution is 0.0697. The molecule has 148 valence electrons. The van der Waals surface area contributed by atoms with Crippen LogP contribution in [-0.4, -0.2) is 11.1 Å². The molecular weight excluding hydrogens is 344 g/mol. The fourth-order valence-electron chi connectivity index (χ4n) is 4.69. The predicted molar refractivity (Wildman–Crippen MR) is 118 cm³/mol. The average Bonchev–Trinajstić information content (AvgIpc) is 2.69. The van der Waals surface area contributed by atoms with Gasteiger partial charge >= 0.3 is 5.97 Å². The van der Waals surface area contributed by atoms with Crippen LogP contribution in [0.4, 0.5) is 0 Å². The highest BCUT2D eigenvalue weighted by Gasteiger charge is 2.35. The van der Waals surface area contributed by atoms with Crippen molar-refractivity contribution in [3.8, 4) is 0 Å². The Morgan fingerprint density at radius 1 is 1.07 bits per heavy atom. The topological polar surface area (TPSA) is 37.3 Å². The molecule has 1 aliphatic rings. The Labute approximate surface area is 169 Å². The summed E-state index contributed by atoms with van der Waals surface area (Å²) in [6, 6.07) is 14.0. The Morgan fingerprint density at radius 2 is 1.68 bits per heavy atom. The van der Waals surface area contributed by atoms with Gasteiger partial charge in [-0.05, 0) is 64.5 Å². The Balaban J connectivity index is 1.91. The van der Waals surface area contributed by atoms with Gasteiger partial charge in [0.1, 0.15) is 0 Å². The molecule has 1 atom stereocenters. The monoisotopic (exact) mass is 376 g/mol. The zero-order valence-corrected chi connectivity index (χ0v) is 17.5. The molecule has 0 saturated carbocycles. The molecule has 28 heavy (non-hydrogen) atoms. The summed E-state index contributed by atoms with van der Waals surface area (Å²) in [6.45, 7) is 9.37. The molecule has 1 aliphatic carbocycles. The second-order valence-corrected chi connectivity index (χ2v) is 8.71. The Hall–Kier alpha value is -2.35. The molecule has 0 heterocycles. The van der Waals surface area contributed by atoms with Crippen LogP contribution in [0.25, 0.3) is 12.2 Å². The molecule has 0 aromatic heterocycles. The molecule has 0 fully saturated rings. The quantitative estimate of drug-likeness (QED) is 0.544. The molecule has 0 aliphatic heterocycles. The summed E-state index contributed by atoms with van der Waals surface area (Å²) in [4.78, 5) is 11.0. The van der Waals surface area contributed by atoms with E-state index in [0.717, 1.165) is 11.5 Å². The molecular formula is C26H32O2. The molecule has 0 amide bonds. The third-order valence-corrected chi connectivity index (χ3v) is 6.53. The number of carboxylic acid groups (broad SMARTS) is 1. The van der Waals surface area contributed by atoms with Crippen LogP contribution in [0.5, 0.6) is 0 Å². The predicted octanol–water partition coefficient (Wildman–Crippen LogP) is 7.15. The van der Waals surface area contributed by atoms with Gasteiger partial charge in [-0.15, -0.1) is 0 Å². The number of benzene rings is 2. The van der Waals surface area contributed by atoms with Crippen molar-refractivity contribution in [3.05, 3.63) is 70.3 Å². The second kappa shape index (κ2) is 8.34. The van der Waals surface area contributed by atoms with Crippen LogP contribution in [0.1, 0.15) is 91.9 Å². The number of hydrogen-bond donors (Lipinski definition) is 1. The maximum Gasteiger partial charge on any atom is 0.335 e. The number of rotatable bonds is 6.